The van der Waals surface area contributed by atoms with E-state index in [1.54, 1.807) is 7.11 Å². The molecule has 1 aliphatic rings. The highest BCUT2D eigenvalue weighted by molar-refractivity contribution is 5.64. The van der Waals surface area contributed by atoms with Gasteiger partial charge in [0, 0.05) is 37.8 Å². The summed E-state index contributed by atoms with van der Waals surface area (Å²) >= 11 is 0. The van der Waals surface area contributed by atoms with Gasteiger partial charge in [-0.15, -0.1) is 0 Å². The maximum atomic E-state index is 12.1. The van der Waals surface area contributed by atoms with Crippen LogP contribution in [0.1, 0.15) is 34.5 Å². The largest absolute Gasteiger partial charge is 0.496 e. The molecule has 3 aromatic carbocycles. The fraction of sp³-hybridized carbons (Fsp3) is 0.300. The molecule has 186 valence electrons. The van der Waals surface area contributed by atoms with Crippen LogP contribution in [0.25, 0.3) is 11.4 Å². The van der Waals surface area contributed by atoms with Crippen molar-refractivity contribution in [3.8, 4) is 17.1 Å². The van der Waals surface area contributed by atoms with Gasteiger partial charge in [-0.2, -0.15) is 0 Å². The molecule has 6 nitrogen and oxygen atoms in total. The van der Waals surface area contributed by atoms with Crippen molar-refractivity contribution in [1.29, 1.82) is 0 Å². The number of H-pyrrole nitrogens is 1. The third kappa shape index (κ3) is 4.93. The maximum Gasteiger partial charge on any atom is 0.141 e. The van der Waals surface area contributed by atoms with Crippen molar-refractivity contribution in [2.45, 2.75) is 25.0 Å². The number of hydrogen-bond acceptors (Lipinski definition) is 5. The fourth-order valence-corrected chi connectivity index (χ4v) is 5.37. The molecule has 0 spiro atoms. The van der Waals surface area contributed by atoms with E-state index in [1.807, 2.05) is 43.3 Å². The third-order valence-electron chi connectivity index (χ3n) is 7.12. The summed E-state index contributed by atoms with van der Waals surface area (Å²) in [6, 6.07) is 28.7. The number of hydrogen-bond donors (Lipinski definition) is 3. The van der Waals surface area contributed by atoms with Crippen LogP contribution in [0.15, 0.2) is 84.9 Å². The SMILES string of the molecule is COc1ccccc1-c1nc(C(O)C(C(c2ccccc2)c2ccccc2)N2CCNCC2)c(C)[nH]1. The van der Waals surface area contributed by atoms with Gasteiger partial charge >= 0.3 is 0 Å². The van der Waals surface area contributed by atoms with E-state index >= 15 is 0 Å². The second-order valence-electron chi connectivity index (χ2n) is 9.32. The van der Waals surface area contributed by atoms with Crippen LogP contribution in [0.5, 0.6) is 5.75 Å². The van der Waals surface area contributed by atoms with E-state index in [0.29, 0.717) is 11.5 Å². The van der Waals surface area contributed by atoms with E-state index in [1.165, 1.54) is 11.1 Å². The monoisotopic (exact) mass is 482 g/mol. The van der Waals surface area contributed by atoms with Crippen molar-refractivity contribution in [1.82, 2.24) is 20.2 Å². The van der Waals surface area contributed by atoms with Gasteiger partial charge in [-0.1, -0.05) is 72.8 Å². The zero-order valence-electron chi connectivity index (χ0n) is 20.9. The lowest BCUT2D eigenvalue weighted by molar-refractivity contribution is 0.0295. The summed E-state index contributed by atoms with van der Waals surface area (Å²) in [7, 11) is 1.66. The molecule has 36 heavy (non-hydrogen) atoms. The van der Waals surface area contributed by atoms with Crippen molar-refractivity contribution in [3.63, 3.8) is 0 Å². The Morgan fingerprint density at radius 3 is 2.06 bits per heavy atom. The lowest BCUT2D eigenvalue weighted by Crippen LogP contribution is -2.52. The first-order valence-electron chi connectivity index (χ1n) is 12.6. The Bertz CT molecular complexity index is 1210. The van der Waals surface area contributed by atoms with Gasteiger partial charge in [0.05, 0.1) is 24.4 Å². The number of methoxy groups -OCH3 is 1. The van der Waals surface area contributed by atoms with Crippen LogP contribution in [0, 0.1) is 6.92 Å². The molecule has 0 radical (unpaired) electrons. The number of aromatic nitrogens is 2. The van der Waals surface area contributed by atoms with Gasteiger partial charge in [0.15, 0.2) is 0 Å². The van der Waals surface area contributed by atoms with Crippen LogP contribution in [0.2, 0.25) is 0 Å². The molecule has 0 saturated carbocycles. The summed E-state index contributed by atoms with van der Waals surface area (Å²) in [5.41, 5.74) is 4.79. The second-order valence-corrected chi connectivity index (χ2v) is 9.32. The predicted molar refractivity (Wildman–Crippen MR) is 143 cm³/mol. The predicted octanol–water partition coefficient (Wildman–Crippen LogP) is 4.53. The zero-order valence-corrected chi connectivity index (χ0v) is 20.9. The first-order chi connectivity index (χ1) is 17.7. The molecule has 0 amide bonds. The summed E-state index contributed by atoms with van der Waals surface area (Å²) in [5, 5.41) is 15.6. The first kappa shape index (κ1) is 24.3. The quantitative estimate of drug-likeness (QED) is 0.344. The van der Waals surface area contributed by atoms with Crippen LogP contribution >= 0.6 is 0 Å². The highest BCUT2D eigenvalue weighted by Gasteiger charge is 2.38. The average molecular weight is 483 g/mol. The summed E-state index contributed by atoms with van der Waals surface area (Å²) in [4.78, 5) is 10.8. The number of para-hydroxylation sites is 1. The summed E-state index contributed by atoms with van der Waals surface area (Å²) in [6.45, 7) is 5.50. The van der Waals surface area contributed by atoms with E-state index in [9.17, 15) is 5.11 Å². The molecule has 2 unspecified atom stereocenters. The molecule has 4 aromatic rings. The van der Waals surface area contributed by atoms with Crippen LogP contribution < -0.4 is 10.1 Å². The molecule has 1 aromatic heterocycles. The van der Waals surface area contributed by atoms with Gasteiger partial charge in [-0.25, -0.2) is 4.98 Å². The highest BCUT2D eigenvalue weighted by Crippen LogP contribution is 2.39. The zero-order chi connectivity index (χ0) is 24.9. The minimum Gasteiger partial charge on any atom is -0.496 e. The van der Waals surface area contributed by atoms with Crippen molar-refractivity contribution in [3.05, 3.63) is 107 Å². The Labute approximate surface area is 213 Å². The smallest absolute Gasteiger partial charge is 0.141 e. The number of rotatable bonds is 8. The average Bonchev–Trinajstić information content (AvgIpc) is 3.34. The van der Waals surface area contributed by atoms with Crippen LogP contribution in [0.4, 0.5) is 0 Å². The molecule has 1 saturated heterocycles. The Hall–Kier alpha value is -3.45. The lowest BCUT2D eigenvalue weighted by atomic mass is 9.80. The second kappa shape index (κ2) is 11.1. The number of aliphatic hydroxyl groups excluding tert-OH is 1. The number of aryl methyl sites for hydroxylation is 1. The lowest BCUT2D eigenvalue weighted by Gasteiger charge is -2.42. The number of imidazole rings is 1. The number of nitrogens with one attached hydrogen (secondary N) is 2. The summed E-state index contributed by atoms with van der Waals surface area (Å²) in [5.74, 6) is 1.43. The Kier molecular flexibility index (Phi) is 7.47. The van der Waals surface area contributed by atoms with Crippen molar-refractivity contribution >= 4 is 0 Å². The fourth-order valence-electron chi connectivity index (χ4n) is 5.37. The van der Waals surface area contributed by atoms with Gasteiger partial charge in [0.25, 0.3) is 0 Å². The molecular formula is C30H34N4O2. The number of ether oxygens (including phenoxy) is 1. The maximum absolute atomic E-state index is 12.1. The van der Waals surface area contributed by atoms with E-state index in [2.05, 4.69) is 63.7 Å². The van der Waals surface area contributed by atoms with E-state index in [0.717, 1.165) is 43.2 Å². The number of aromatic amines is 1. The summed E-state index contributed by atoms with van der Waals surface area (Å²) < 4.78 is 5.57. The third-order valence-corrected chi connectivity index (χ3v) is 7.12. The van der Waals surface area contributed by atoms with Crippen molar-refractivity contribution in [2.75, 3.05) is 33.3 Å². The summed E-state index contributed by atoms with van der Waals surface area (Å²) in [6.07, 6.45) is -0.798. The topological polar surface area (TPSA) is 73.4 Å². The van der Waals surface area contributed by atoms with Gasteiger partial charge in [-0.3, -0.25) is 4.90 Å². The van der Waals surface area contributed by atoms with Gasteiger partial charge < -0.3 is 20.1 Å². The van der Waals surface area contributed by atoms with Gasteiger partial charge in [0.2, 0.25) is 0 Å². The van der Waals surface area contributed by atoms with Crippen molar-refractivity contribution in [2.24, 2.45) is 0 Å². The minimum atomic E-state index is -0.798. The molecule has 3 N–H and O–H groups in total. The van der Waals surface area contributed by atoms with Gasteiger partial charge in [0.1, 0.15) is 17.7 Å². The Morgan fingerprint density at radius 2 is 1.44 bits per heavy atom. The van der Waals surface area contributed by atoms with Crippen LogP contribution in [0.3, 0.4) is 0 Å². The Morgan fingerprint density at radius 1 is 0.861 bits per heavy atom. The highest BCUT2D eigenvalue weighted by atomic mass is 16.5. The molecule has 1 fully saturated rings. The van der Waals surface area contributed by atoms with Crippen LogP contribution in [-0.2, 0) is 0 Å². The molecule has 2 atom stereocenters. The van der Waals surface area contributed by atoms with E-state index < -0.39 is 6.10 Å². The van der Waals surface area contributed by atoms with E-state index in [-0.39, 0.29) is 12.0 Å². The van der Waals surface area contributed by atoms with Crippen molar-refractivity contribution < 1.29 is 9.84 Å². The molecule has 0 aliphatic carbocycles. The number of benzene rings is 3. The molecule has 1 aliphatic heterocycles. The van der Waals surface area contributed by atoms with E-state index in [4.69, 9.17) is 9.72 Å². The Balaban J connectivity index is 1.61. The first-order valence-corrected chi connectivity index (χ1v) is 12.6. The van der Waals surface area contributed by atoms with Gasteiger partial charge in [-0.05, 0) is 30.2 Å². The standard InChI is InChI=1S/C30H34N4O2/c1-21-27(33-30(32-21)24-15-9-10-16-25(24)36-2)29(35)28(34-19-17-31-18-20-34)26(22-11-5-3-6-12-22)23-13-7-4-8-14-23/h3-16,26,28-29,31,35H,17-20H2,1-2H3,(H,32,33). The minimum absolute atomic E-state index is 0.0219. The number of aliphatic hydroxyl groups is 1. The molecular weight excluding hydrogens is 448 g/mol. The molecule has 5 rings (SSSR count). The molecule has 6 heteroatoms. The number of piperazine rings is 1. The molecule has 2 heterocycles. The number of nitrogens with zero attached hydrogens (tertiary/aromatic N) is 2. The van der Waals surface area contributed by atoms with Crippen LogP contribution in [-0.4, -0.2) is 59.3 Å². The molecule has 0 bridgehead atoms. The normalized spacial score (nSPS) is 16.1.